The smallest absolute Gasteiger partial charge is 0.348 e. The lowest BCUT2D eigenvalue weighted by Gasteiger charge is -2.29. The van der Waals surface area contributed by atoms with Gasteiger partial charge in [-0.2, -0.15) is 18.3 Å². The van der Waals surface area contributed by atoms with Crippen molar-refractivity contribution in [3.63, 3.8) is 0 Å². The predicted octanol–water partition coefficient (Wildman–Crippen LogP) is 5.28. The Morgan fingerprint density at radius 3 is 2.44 bits per heavy atom. The van der Waals surface area contributed by atoms with E-state index in [4.69, 9.17) is 18.8 Å². The van der Waals surface area contributed by atoms with Crippen molar-refractivity contribution >= 4 is 46.2 Å². The molecule has 8 nitrogen and oxygen atoms in total. The van der Waals surface area contributed by atoms with Gasteiger partial charge in [0.1, 0.15) is 11.4 Å². The summed E-state index contributed by atoms with van der Waals surface area (Å²) in [4.78, 5) is 32.0. The first-order valence-electron chi connectivity index (χ1n) is 11.5. The standard InChI is InChI=1S/C26H22F4N6O2S/c1-14-10-16(8-9-20(14)31-4)35-23(38)25(2,3)36(24(35)39)17-7-6-15(19(27)11-17)12-32-22(37)18-13-34(5)33-21(18)26(28,29)30/h6-11,13H,12H2,1-3,5H3,(H,32,37). The van der Waals surface area contributed by atoms with Crippen LogP contribution in [-0.4, -0.2) is 32.2 Å². The van der Waals surface area contributed by atoms with Gasteiger partial charge in [0.25, 0.3) is 11.8 Å². The number of halogens is 4. The molecule has 1 aliphatic rings. The van der Waals surface area contributed by atoms with Crippen LogP contribution in [0.2, 0.25) is 0 Å². The number of aryl methyl sites for hydroxylation is 2. The lowest BCUT2D eigenvalue weighted by atomic mass is 10.0. The number of benzene rings is 2. The van der Waals surface area contributed by atoms with Crippen LogP contribution in [0.15, 0.2) is 42.6 Å². The van der Waals surface area contributed by atoms with E-state index in [1.807, 2.05) is 0 Å². The van der Waals surface area contributed by atoms with E-state index < -0.39 is 34.7 Å². The van der Waals surface area contributed by atoms with E-state index in [1.54, 1.807) is 39.0 Å². The number of hydrogen-bond acceptors (Lipinski definition) is 4. The van der Waals surface area contributed by atoms with E-state index in [9.17, 15) is 22.8 Å². The second-order valence-corrected chi connectivity index (χ2v) is 9.79. The van der Waals surface area contributed by atoms with Crippen molar-refractivity contribution < 1.29 is 27.2 Å². The number of carbonyl (C=O) groups is 2. The molecule has 1 fully saturated rings. The number of aromatic nitrogens is 2. The summed E-state index contributed by atoms with van der Waals surface area (Å²) in [5.74, 6) is -2.16. The van der Waals surface area contributed by atoms with Crippen molar-refractivity contribution in [2.24, 2.45) is 7.05 Å². The quantitative estimate of drug-likeness (QED) is 0.262. The van der Waals surface area contributed by atoms with Crippen LogP contribution in [0.25, 0.3) is 4.85 Å². The van der Waals surface area contributed by atoms with Crippen molar-refractivity contribution in [3.8, 4) is 0 Å². The Kier molecular flexibility index (Phi) is 6.95. The fraction of sp³-hybridized carbons (Fsp3) is 0.269. The van der Waals surface area contributed by atoms with Gasteiger partial charge in [-0.3, -0.25) is 19.2 Å². The topological polar surface area (TPSA) is 74.8 Å². The third kappa shape index (κ3) is 4.95. The number of nitrogens with one attached hydrogen (secondary N) is 1. The van der Waals surface area contributed by atoms with Gasteiger partial charge in [-0.25, -0.2) is 9.24 Å². The molecule has 0 bridgehead atoms. The molecule has 1 aliphatic heterocycles. The Labute approximate surface area is 226 Å². The summed E-state index contributed by atoms with van der Waals surface area (Å²) < 4.78 is 55.5. The summed E-state index contributed by atoms with van der Waals surface area (Å²) in [5, 5.41) is 5.69. The molecule has 13 heteroatoms. The molecule has 0 saturated carbocycles. The van der Waals surface area contributed by atoms with Gasteiger partial charge < -0.3 is 10.2 Å². The van der Waals surface area contributed by atoms with Crippen LogP contribution in [-0.2, 0) is 24.6 Å². The fourth-order valence-corrected chi connectivity index (χ4v) is 4.84. The molecule has 2 heterocycles. The number of anilines is 2. The van der Waals surface area contributed by atoms with Crippen molar-refractivity contribution in [2.45, 2.75) is 39.0 Å². The Morgan fingerprint density at radius 1 is 1.18 bits per heavy atom. The monoisotopic (exact) mass is 558 g/mol. The molecule has 39 heavy (non-hydrogen) atoms. The maximum Gasteiger partial charge on any atom is 0.435 e. The molecule has 202 valence electrons. The predicted molar refractivity (Wildman–Crippen MR) is 140 cm³/mol. The Bertz CT molecular complexity index is 1560. The minimum Gasteiger partial charge on any atom is -0.348 e. The van der Waals surface area contributed by atoms with Crippen LogP contribution in [0.4, 0.5) is 34.6 Å². The maximum absolute atomic E-state index is 15.1. The molecule has 2 amide bonds. The van der Waals surface area contributed by atoms with Gasteiger partial charge in [-0.1, -0.05) is 12.1 Å². The molecule has 1 N–H and O–H groups in total. The van der Waals surface area contributed by atoms with Gasteiger partial charge in [0.2, 0.25) is 0 Å². The first kappa shape index (κ1) is 27.7. The Morgan fingerprint density at radius 2 is 1.85 bits per heavy atom. The minimum absolute atomic E-state index is 0.0148. The third-order valence-corrected chi connectivity index (χ3v) is 6.67. The van der Waals surface area contributed by atoms with Crippen molar-refractivity contribution in [3.05, 3.63) is 82.2 Å². The summed E-state index contributed by atoms with van der Waals surface area (Å²) in [5.41, 5.74) is -1.33. The van der Waals surface area contributed by atoms with E-state index in [0.29, 0.717) is 16.9 Å². The highest BCUT2D eigenvalue weighted by Crippen LogP contribution is 2.38. The molecule has 3 aromatic rings. The number of amides is 2. The normalized spacial score (nSPS) is 15.1. The maximum atomic E-state index is 15.1. The molecule has 0 radical (unpaired) electrons. The molecule has 1 aromatic heterocycles. The van der Waals surface area contributed by atoms with Crippen LogP contribution in [0.3, 0.4) is 0 Å². The number of alkyl halides is 3. The van der Waals surface area contributed by atoms with E-state index in [-0.39, 0.29) is 28.8 Å². The largest absolute Gasteiger partial charge is 0.435 e. The molecular weight excluding hydrogens is 536 g/mol. The minimum atomic E-state index is -4.83. The summed E-state index contributed by atoms with van der Waals surface area (Å²) in [6.07, 6.45) is -3.89. The summed E-state index contributed by atoms with van der Waals surface area (Å²) in [7, 11) is 1.25. The fourth-order valence-electron chi connectivity index (χ4n) is 4.31. The molecule has 0 spiro atoms. The van der Waals surface area contributed by atoms with Crippen LogP contribution in [0.5, 0.6) is 0 Å². The van der Waals surface area contributed by atoms with E-state index in [2.05, 4.69) is 15.3 Å². The highest BCUT2D eigenvalue weighted by atomic mass is 32.1. The van der Waals surface area contributed by atoms with Crippen LogP contribution in [0.1, 0.15) is 41.0 Å². The van der Waals surface area contributed by atoms with E-state index in [1.165, 1.54) is 29.0 Å². The molecule has 4 rings (SSSR count). The van der Waals surface area contributed by atoms with Gasteiger partial charge in [-0.15, -0.1) is 0 Å². The second-order valence-electron chi connectivity index (χ2n) is 9.42. The second kappa shape index (κ2) is 9.77. The van der Waals surface area contributed by atoms with Gasteiger partial charge in [-0.05, 0) is 62.8 Å². The molecule has 0 atom stereocenters. The summed E-state index contributed by atoms with van der Waals surface area (Å²) in [6.45, 7) is 11.9. The number of rotatable bonds is 5. The Hall–Kier alpha value is -4.31. The number of hydrogen-bond donors (Lipinski definition) is 1. The summed E-state index contributed by atoms with van der Waals surface area (Å²) in [6, 6.07) is 8.90. The first-order valence-corrected chi connectivity index (χ1v) is 11.9. The van der Waals surface area contributed by atoms with Crippen molar-refractivity contribution in [1.29, 1.82) is 0 Å². The highest BCUT2D eigenvalue weighted by molar-refractivity contribution is 7.81. The van der Waals surface area contributed by atoms with Crippen molar-refractivity contribution in [1.82, 2.24) is 15.1 Å². The molecular formula is C26H22F4N6O2S. The average Bonchev–Trinajstić information content (AvgIpc) is 3.33. The lowest BCUT2D eigenvalue weighted by Crippen LogP contribution is -2.44. The number of carbonyl (C=O) groups excluding carboxylic acids is 2. The van der Waals surface area contributed by atoms with Crippen LogP contribution >= 0.6 is 12.2 Å². The van der Waals surface area contributed by atoms with Gasteiger partial charge in [0.15, 0.2) is 16.5 Å². The zero-order valence-electron chi connectivity index (χ0n) is 21.2. The Balaban J connectivity index is 1.57. The number of thiocarbonyl (C=S) groups is 1. The van der Waals surface area contributed by atoms with Gasteiger partial charge in [0.05, 0.1) is 12.1 Å². The first-order chi connectivity index (χ1) is 18.2. The molecule has 2 aromatic carbocycles. The van der Waals surface area contributed by atoms with Gasteiger partial charge >= 0.3 is 6.18 Å². The average molecular weight is 559 g/mol. The number of nitrogens with zero attached hydrogens (tertiary/aromatic N) is 5. The van der Waals surface area contributed by atoms with E-state index in [0.717, 1.165) is 16.9 Å². The third-order valence-electron chi connectivity index (χ3n) is 6.30. The van der Waals surface area contributed by atoms with E-state index >= 15 is 4.39 Å². The summed E-state index contributed by atoms with van der Waals surface area (Å²) >= 11 is 5.61. The zero-order valence-corrected chi connectivity index (χ0v) is 22.0. The highest BCUT2D eigenvalue weighted by Gasteiger charge is 2.50. The zero-order chi connectivity index (χ0) is 28.9. The SMILES string of the molecule is [C-]#[N+]c1ccc(N2C(=O)C(C)(C)N(c3ccc(CNC(=O)c4cn(C)nc4C(F)(F)F)c(F)c3)C2=S)cc1C. The van der Waals surface area contributed by atoms with Crippen LogP contribution in [0, 0.1) is 19.3 Å². The molecule has 0 unspecified atom stereocenters. The molecule has 0 aliphatic carbocycles. The van der Waals surface area contributed by atoms with Crippen LogP contribution < -0.4 is 15.1 Å². The lowest BCUT2D eigenvalue weighted by molar-refractivity contribution is -0.141. The van der Waals surface area contributed by atoms with Crippen molar-refractivity contribution in [2.75, 3.05) is 9.80 Å². The van der Waals surface area contributed by atoms with Gasteiger partial charge in [0, 0.05) is 36.7 Å². The molecule has 1 saturated heterocycles.